The average Bonchev–Trinajstić information content (AvgIpc) is 3.20. The number of carbonyl (C=O) groups excluding carboxylic acids is 2. The number of ether oxygens (including phenoxy) is 1. The number of primary amides is 1. The van der Waals surface area contributed by atoms with Crippen LogP contribution in [0.3, 0.4) is 0 Å². The van der Waals surface area contributed by atoms with Gasteiger partial charge in [-0.3, -0.25) is 14.6 Å². The van der Waals surface area contributed by atoms with E-state index in [1.54, 1.807) is 23.0 Å². The molecule has 1 aromatic carbocycles. The van der Waals surface area contributed by atoms with Crippen molar-refractivity contribution in [3.8, 4) is 22.9 Å². The molecular formula is C26H28N6O3. The molecule has 2 amide bonds. The van der Waals surface area contributed by atoms with Crippen LogP contribution in [0.1, 0.15) is 42.1 Å². The predicted molar refractivity (Wildman–Crippen MR) is 132 cm³/mol. The first-order chi connectivity index (χ1) is 16.9. The third-order valence-electron chi connectivity index (χ3n) is 6.98. The van der Waals surface area contributed by atoms with E-state index in [4.69, 9.17) is 16.2 Å². The van der Waals surface area contributed by atoms with Gasteiger partial charge >= 0.3 is 0 Å². The lowest BCUT2D eigenvalue weighted by molar-refractivity contribution is -0.132. The number of aromatic nitrogens is 3. The van der Waals surface area contributed by atoms with E-state index in [0.717, 1.165) is 32.2 Å². The Bertz CT molecular complexity index is 1260. The quantitative estimate of drug-likeness (QED) is 0.528. The van der Waals surface area contributed by atoms with E-state index < -0.39 is 5.91 Å². The van der Waals surface area contributed by atoms with Crippen molar-refractivity contribution in [1.82, 2.24) is 19.7 Å². The van der Waals surface area contributed by atoms with Crippen LogP contribution in [0, 0.1) is 5.41 Å². The second-order valence-electron chi connectivity index (χ2n) is 9.34. The average molecular weight is 473 g/mol. The van der Waals surface area contributed by atoms with Crippen LogP contribution in [-0.2, 0) is 4.79 Å². The molecule has 35 heavy (non-hydrogen) atoms. The third kappa shape index (κ3) is 4.25. The standard InChI is InChI=1S/C26H28N6O3/c1-2-21(33)31-12-6-11-26(16-31)13-17(14-26)32-24(27)22(25(28)34)23(30-32)20-10-9-19(15-29-20)35-18-7-4-3-5-8-18/h2-5,7-10,15,17H,1,6,11-14,16,27H2,(H2,28,34)/t17-,26-. The number of likely N-dealkylation sites (tertiary alicyclic amines) is 1. The maximum Gasteiger partial charge on any atom is 0.254 e. The molecule has 1 aliphatic carbocycles. The summed E-state index contributed by atoms with van der Waals surface area (Å²) in [6.07, 6.45) is 6.61. The van der Waals surface area contributed by atoms with Gasteiger partial charge in [0.1, 0.15) is 28.6 Å². The summed E-state index contributed by atoms with van der Waals surface area (Å²) < 4.78 is 7.50. The van der Waals surface area contributed by atoms with Gasteiger partial charge in [0.25, 0.3) is 5.91 Å². The summed E-state index contributed by atoms with van der Waals surface area (Å²) in [5.74, 6) is 0.821. The van der Waals surface area contributed by atoms with E-state index in [9.17, 15) is 9.59 Å². The molecule has 0 bridgehead atoms. The predicted octanol–water partition coefficient (Wildman–Crippen LogP) is 3.55. The number of carbonyl (C=O) groups is 2. The Morgan fingerprint density at radius 2 is 1.91 bits per heavy atom. The number of benzene rings is 1. The molecule has 0 radical (unpaired) electrons. The molecule has 1 saturated heterocycles. The molecule has 5 rings (SSSR count). The van der Waals surface area contributed by atoms with Crippen LogP contribution in [0.25, 0.3) is 11.4 Å². The van der Waals surface area contributed by atoms with E-state index in [1.165, 1.54) is 6.08 Å². The fraction of sp³-hybridized carbons (Fsp3) is 0.308. The molecule has 9 nitrogen and oxygen atoms in total. The molecule has 2 aromatic heterocycles. The van der Waals surface area contributed by atoms with E-state index in [2.05, 4.69) is 16.7 Å². The van der Waals surface area contributed by atoms with E-state index in [-0.39, 0.29) is 28.7 Å². The second-order valence-corrected chi connectivity index (χ2v) is 9.34. The monoisotopic (exact) mass is 472 g/mol. The normalized spacial score (nSPS) is 21.4. The molecule has 3 aromatic rings. The number of hydrogen-bond acceptors (Lipinski definition) is 6. The number of amides is 2. The highest BCUT2D eigenvalue weighted by molar-refractivity contribution is 6.03. The van der Waals surface area contributed by atoms with Crippen molar-refractivity contribution >= 4 is 17.6 Å². The number of anilines is 1. The van der Waals surface area contributed by atoms with Crippen LogP contribution in [0.5, 0.6) is 11.5 Å². The highest BCUT2D eigenvalue weighted by Gasteiger charge is 2.49. The summed E-state index contributed by atoms with van der Waals surface area (Å²) >= 11 is 0. The van der Waals surface area contributed by atoms with Crippen LogP contribution < -0.4 is 16.2 Å². The summed E-state index contributed by atoms with van der Waals surface area (Å²) in [5.41, 5.74) is 13.1. The summed E-state index contributed by atoms with van der Waals surface area (Å²) in [4.78, 5) is 30.7. The number of hydrogen-bond donors (Lipinski definition) is 2. The fourth-order valence-electron chi connectivity index (χ4n) is 5.32. The van der Waals surface area contributed by atoms with Crippen LogP contribution in [0.4, 0.5) is 5.82 Å². The fourth-order valence-corrected chi connectivity index (χ4v) is 5.32. The Labute approximate surface area is 203 Å². The summed E-state index contributed by atoms with van der Waals surface area (Å²) in [6, 6.07) is 12.9. The minimum absolute atomic E-state index is 0.0290. The topological polar surface area (TPSA) is 129 Å². The molecule has 180 valence electrons. The van der Waals surface area contributed by atoms with Crippen LogP contribution in [-0.4, -0.2) is 44.6 Å². The number of nitrogen functional groups attached to an aromatic ring is 1. The van der Waals surface area contributed by atoms with Gasteiger partial charge in [-0.2, -0.15) is 5.10 Å². The van der Waals surface area contributed by atoms with Gasteiger partial charge in [-0.05, 0) is 61.4 Å². The molecule has 4 N–H and O–H groups in total. The molecule has 1 aliphatic heterocycles. The van der Waals surface area contributed by atoms with Crippen molar-refractivity contribution in [2.75, 3.05) is 18.8 Å². The number of nitrogens with zero attached hydrogens (tertiary/aromatic N) is 4. The first-order valence-corrected chi connectivity index (χ1v) is 11.7. The Morgan fingerprint density at radius 3 is 2.57 bits per heavy atom. The third-order valence-corrected chi connectivity index (χ3v) is 6.98. The molecule has 1 saturated carbocycles. The van der Waals surface area contributed by atoms with Gasteiger partial charge in [-0.25, -0.2) is 4.68 Å². The van der Waals surface area contributed by atoms with E-state index in [0.29, 0.717) is 29.4 Å². The molecule has 2 fully saturated rings. The summed E-state index contributed by atoms with van der Waals surface area (Å²) in [5, 5.41) is 4.68. The SMILES string of the molecule is C=CC(=O)N1CCC[C@]2(C1)C[C@H](n1nc(-c3ccc(Oc4ccccc4)cn3)c(C(N)=O)c1N)C2. The molecular weight excluding hydrogens is 444 g/mol. The lowest BCUT2D eigenvalue weighted by atomic mass is 9.61. The lowest BCUT2D eigenvalue weighted by Crippen LogP contribution is -2.52. The first-order valence-electron chi connectivity index (χ1n) is 11.7. The van der Waals surface area contributed by atoms with Crippen molar-refractivity contribution in [3.05, 3.63) is 66.9 Å². The highest BCUT2D eigenvalue weighted by atomic mass is 16.5. The smallest absolute Gasteiger partial charge is 0.254 e. The number of para-hydroxylation sites is 1. The molecule has 1 spiro atoms. The Kier molecular flexibility index (Phi) is 5.76. The molecule has 3 heterocycles. The van der Waals surface area contributed by atoms with Gasteiger partial charge < -0.3 is 21.1 Å². The molecule has 0 atom stereocenters. The maximum atomic E-state index is 12.3. The van der Waals surface area contributed by atoms with Gasteiger partial charge in [0, 0.05) is 13.1 Å². The number of rotatable bonds is 6. The van der Waals surface area contributed by atoms with Crippen molar-refractivity contribution in [2.24, 2.45) is 11.1 Å². The van der Waals surface area contributed by atoms with E-state index in [1.807, 2.05) is 35.2 Å². The minimum Gasteiger partial charge on any atom is -0.456 e. The minimum atomic E-state index is -0.648. The van der Waals surface area contributed by atoms with Gasteiger partial charge in [-0.1, -0.05) is 24.8 Å². The number of pyridine rings is 1. The number of nitrogens with two attached hydrogens (primary N) is 2. The van der Waals surface area contributed by atoms with Crippen molar-refractivity contribution in [3.63, 3.8) is 0 Å². The Hall–Kier alpha value is -4.14. The Balaban J connectivity index is 1.36. The zero-order chi connectivity index (χ0) is 24.6. The zero-order valence-electron chi connectivity index (χ0n) is 19.4. The molecule has 2 aliphatic rings. The van der Waals surface area contributed by atoms with Crippen molar-refractivity contribution in [2.45, 2.75) is 31.7 Å². The first kappa shape index (κ1) is 22.6. The van der Waals surface area contributed by atoms with Crippen molar-refractivity contribution in [1.29, 1.82) is 0 Å². The largest absolute Gasteiger partial charge is 0.456 e. The van der Waals surface area contributed by atoms with Gasteiger partial charge in [0.2, 0.25) is 5.91 Å². The Morgan fingerprint density at radius 1 is 1.14 bits per heavy atom. The van der Waals surface area contributed by atoms with Gasteiger partial charge in [0.05, 0.1) is 17.9 Å². The highest BCUT2D eigenvalue weighted by Crippen LogP contribution is 2.54. The molecule has 9 heteroatoms. The summed E-state index contributed by atoms with van der Waals surface area (Å²) in [6.45, 7) is 5.07. The summed E-state index contributed by atoms with van der Waals surface area (Å²) in [7, 11) is 0. The zero-order valence-corrected chi connectivity index (χ0v) is 19.4. The molecule has 0 unspecified atom stereocenters. The van der Waals surface area contributed by atoms with Gasteiger partial charge in [-0.15, -0.1) is 0 Å². The lowest BCUT2D eigenvalue weighted by Gasteiger charge is -2.52. The van der Waals surface area contributed by atoms with Gasteiger partial charge in [0.15, 0.2) is 0 Å². The van der Waals surface area contributed by atoms with Crippen molar-refractivity contribution < 1.29 is 14.3 Å². The van der Waals surface area contributed by atoms with E-state index >= 15 is 0 Å². The number of piperidine rings is 1. The van der Waals surface area contributed by atoms with Crippen LogP contribution >= 0.6 is 0 Å². The second kappa shape index (κ2) is 8.90. The van der Waals surface area contributed by atoms with Crippen LogP contribution in [0.15, 0.2) is 61.3 Å². The maximum absolute atomic E-state index is 12.3. The van der Waals surface area contributed by atoms with Crippen LogP contribution in [0.2, 0.25) is 0 Å².